The summed E-state index contributed by atoms with van der Waals surface area (Å²) in [7, 11) is 3.50. The zero-order chi connectivity index (χ0) is 21.9. The Balaban J connectivity index is 1.65. The molecule has 1 aliphatic heterocycles. The molecule has 0 aliphatic carbocycles. The molecule has 1 saturated heterocycles. The Morgan fingerprint density at radius 1 is 1.10 bits per heavy atom. The smallest absolute Gasteiger partial charge is 0.195 e. The SMILES string of the molecule is CN=C(NCC1(c2ccccc2C)CCOCC1)Nc1cccc(OCCCOC)c1. The highest BCUT2D eigenvalue weighted by atomic mass is 16.5. The van der Waals surface area contributed by atoms with Gasteiger partial charge in [0.1, 0.15) is 5.75 Å². The van der Waals surface area contributed by atoms with E-state index in [1.165, 1.54) is 11.1 Å². The van der Waals surface area contributed by atoms with E-state index in [1.54, 1.807) is 14.2 Å². The van der Waals surface area contributed by atoms with Crippen molar-refractivity contribution in [2.24, 2.45) is 4.99 Å². The molecule has 0 radical (unpaired) electrons. The van der Waals surface area contributed by atoms with Crippen molar-refractivity contribution in [2.45, 2.75) is 31.6 Å². The van der Waals surface area contributed by atoms with Crippen LogP contribution < -0.4 is 15.4 Å². The van der Waals surface area contributed by atoms with Crippen molar-refractivity contribution in [3.05, 3.63) is 59.7 Å². The molecule has 1 fully saturated rings. The fraction of sp³-hybridized carbons (Fsp3) is 0.480. The number of aryl methyl sites for hydroxylation is 1. The molecule has 1 heterocycles. The van der Waals surface area contributed by atoms with E-state index < -0.39 is 0 Å². The number of aliphatic imine (C=N–C) groups is 1. The number of methoxy groups -OCH3 is 1. The van der Waals surface area contributed by atoms with Crippen LogP contribution in [0.3, 0.4) is 0 Å². The molecule has 1 aliphatic rings. The van der Waals surface area contributed by atoms with Crippen LogP contribution in [-0.2, 0) is 14.9 Å². The Labute approximate surface area is 186 Å². The largest absolute Gasteiger partial charge is 0.493 e. The molecule has 6 heteroatoms. The minimum absolute atomic E-state index is 0.0352. The van der Waals surface area contributed by atoms with Crippen molar-refractivity contribution in [1.29, 1.82) is 0 Å². The number of nitrogens with zero attached hydrogens (tertiary/aromatic N) is 1. The maximum absolute atomic E-state index is 5.81. The molecule has 0 aromatic heterocycles. The average molecular weight is 426 g/mol. The molecule has 2 aromatic rings. The third-order valence-corrected chi connectivity index (χ3v) is 5.84. The molecule has 2 N–H and O–H groups in total. The van der Waals surface area contributed by atoms with Gasteiger partial charge in [-0.1, -0.05) is 30.3 Å². The van der Waals surface area contributed by atoms with Crippen molar-refractivity contribution in [3.8, 4) is 5.75 Å². The van der Waals surface area contributed by atoms with Crippen molar-refractivity contribution in [1.82, 2.24) is 5.32 Å². The van der Waals surface area contributed by atoms with E-state index in [0.717, 1.165) is 56.4 Å². The molecule has 6 nitrogen and oxygen atoms in total. The van der Waals surface area contributed by atoms with E-state index >= 15 is 0 Å². The van der Waals surface area contributed by atoms with E-state index in [2.05, 4.69) is 46.8 Å². The quantitative estimate of drug-likeness (QED) is 0.359. The Hall–Kier alpha value is -2.57. The fourth-order valence-corrected chi connectivity index (χ4v) is 4.10. The minimum Gasteiger partial charge on any atom is -0.493 e. The van der Waals surface area contributed by atoms with Gasteiger partial charge in [-0.2, -0.15) is 0 Å². The van der Waals surface area contributed by atoms with Crippen LogP contribution in [0.5, 0.6) is 5.75 Å². The van der Waals surface area contributed by atoms with E-state index in [0.29, 0.717) is 13.2 Å². The van der Waals surface area contributed by atoms with Crippen molar-refractivity contribution >= 4 is 11.6 Å². The maximum atomic E-state index is 5.81. The lowest BCUT2D eigenvalue weighted by molar-refractivity contribution is 0.0512. The van der Waals surface area contributed by atoms with Crippen LogP contribution in [0, 0.1) is 6.92 Å². The van der Waals surface area contributed by atoms with Gasteiger partial charge >= 0.3 is 0 Å². The molecular formula is C25H35N3O3. The molecule has 0 amide bonds. The number of guanidine groups is 1. The molecule has 31 heavy (non-hydrogen) atoms. The summed E-state index contributed by atoms with van der Waals surface area (Å²) in [5.74, 6) is 1.58. The summed E-state index contributed by atoms with van der Waals surface area (Å²) in [5, 5.41) is 6.96. The Morgan fingerprint density at radius 3 is 2.65 bits per heavy atom. The van der Waals surface area contributed by atoms with Gasteiger partial charge in [-0.15, -0.1) is 0 Å². The van der Waals surface area contributed by atoms with Crippen LogP contribution in [0.25, 0.3) is 0 Å². The summed E-state index contributed by atoms with van der Waals surface area (Å²) in [5.41, 5.74) is 3.70. The van der Waals surface area contributed by atoms with Crippen LogP contribution in [0.2, 0.25) is 0 Å². The lowest BCUT2D eigenvalue weighted by Crippen LogP contribution is -2.46. The van der Waals surface area contributed by atoms with Crippen molar-refractivity contribution in [3.63, 3.8) is 0 Å². The third kappa shape index (κ3) is 6.45. The predicted molar refractivity (Wildman–Crippen MR) is 126 cm³/mol. The highest BCUT2D eigenvalue weighted by molar-refractivity contribution is 5.93. The van der Waals surface area contributed by atoms with Crippen LogP contribution >= 0.6 is 0 Å². The van der Waals surface area contributed by atoms with Gasteiger partial charge in [-0.3, -0.25) is 4.99 Å². The average Bonchev–Trinajstić information content (AvgIpc) is 2.80. The summed E-state index contributed by atoms with van der Waals surface area (Å²) >= 11 is 0. The summed E-state index contributed by atoms with van der Waals surface area (Å²) in [6.07, 6.45) is 2.85. The number of ether oxygens (including phenoxy) is 3. The van der Waals surface area contributed by atoms with Crippen molar-refractivity contribution < 1.29 is 14.2 Å². The number of anilines is 1. The van der Waals surface area contributed by atoms with Gasteiger partial charge in [0.2, 0.25) is 0 Å². The normalized spacial score (nSPS) is 16.0. The molecule has 0 bridgehead atoms. The second-order valence-corrected chi connectivity index (χ2v) is 7.98. The number of hydrogen-bond donors (Lipinski definition) is 2. The second-order valence-electron chi connectivity index (χ2n) is 7.98. The number of hydrogen-bond acceptors (Lipinski definition) is 4. The van der Waals surface area contributed by atoms with Gasteiger partial charge < -0.3 is 24.8 Å². The van der Waals surface area contributed by atoms with Gasteiger partial charge in [0, 0.05) is 64.1 Å². The first-order chi connectivity index (χ1) is 15.2. The summed E-state index contributed by atoms with van der Waals surface area (Å²) < 4.78 is 16.6. The lowest BCUT2D eigenvalue weighted by Gasteiger charge is -2.39. The zero-order valence-electron chi connectivity index (χ0n) is 18.9. The molecule has 3 rings (SSSR count). The van der Waals surface area contributed by atoms with Crippen molar-refractivity contribution in [2.75, 3.05) is 52.4 Å². The highest BCUT2D eigenvalue weighted by Gasteiger charge is 2.35. The highest BCUT2D eigenvalue weighted by Crippen LogP contribution is 2.36. The molecule has 2 aromatic carbocycles. The van der Waals surface area contributed by atoms with E-state index in [1.807, 2.05) is 24.3 Å². The Bertz CT molecular complexity index is 847. The number of benzene rings is 2. The van der Waals surface area contributed by atoms with Gasteiger partial charge in [0.15, 0.2) is 5.96 Å². The number of rotatable bonds is 9. The van der Waals surface area contributed by atoms with E-state index in [-0.39, 0.29) is 5.41 Å². The summed E-state index contributed by atoms with van der Waals surface area (Å²) in [4.78, 5) is 4.44. The monoisotopic (exact) mass is 425 g/mol. The molecular weight excluding hydrogens is 390 g/mol. The van der Waals surface area contributed by atoms with Crippen LogP contribution in [-0.4, -0.2) is 53.1 Å². The molecule has 168 valence electrons. The first-order valence-corrected chi connectivity index (χ1v) is 11.0. The zero-order valence-corrected chi connectivity index (χ0v) is 18.9. The Kier molecular flexibility index (Phi) is 8.74. The first kappa shape index (κ1) is 23.1. The van der Waals surface area contributed by atoms with Crippen LogP contribution in [0.15, 0.2) is 53.5 Å². The second kappa shape index (κ2) is 11.7. The van der Waals surface area contributed by atoms with Crippen LogP contribution in [0.4, 0.5) is 5.69 Å². The fourth-order valence-electron chi connectivity index (χ4n) is 4.10. The van der Waals surface area contributed by atoms with E-state index in [9.17, 15) is 0 Å². The Morgan fingerprint density at radius 2 is 1.90 bits per heavy atom. The standard InChI is InChI=1S/C25H35N3O3/c1-20-8-4-5-11-23(20)25(12-16-30-17-13-25)19-27-24(26-2)28-21-9-6-10-22(18-21)31-15-7-14-29-3/h4-6,8-11,18H,7,12-17,19H2,1-3H3,(H2,26,27,28). The maximum Gasteiger partial charge on any atom is 0.195 e. The van der Waals surface area contributed by atoms with Gasteiger partial charge in [0.25, 0.3) is 0 Å². The van der Waals surface area contributed by atoms with Gasteiger partial charge in [-0.25, -0.2) is 0 Å². The first-order valence-electron chi connectivity index (χ1n) is 11.0. The lowest BCUT2D eigenvalue weighted by atomic mass is 9.72. The molecule has 0 spiro atoms. The van der Waals surface area contributed by atoms with E-state index in [4.69, 9.17) is 14.2 Å². The van der Waals surface area contributed by atoms with Gasteiger partial charge in [-0.05, 0) is 43.0 Å². The van der Waals surface area contributed by atoms with Gasteiger partial charge in [0.05, 0.1) is 6.61 Å². The topological polar surface area (TPSA) is 64.1 Å². The molecule has 0 saturated carbocycles. The van der Waals surface area contributed by atoms with Crippen LogP contribution in [0.1, 0.15) is 30.4 Å². The summed E-state index contributed by atoms with van der Waals surface area (Å²) in [6.45, 7) is 5.88. The third-order valence-electron chi connectivity index (χ3n) is 5.84. The predicted octanol–water partition coefficient (Wildman–Crippen LogP) is 4.15. The molecule has 0 atom stereocenters. The summed E-state index contributed by atoms with van der Waals surface area (Å²) in [6, 6.07) is 16.6. The number of nitrogens with one attached hydrogen (secondary N) is 2. The minimum atomic E-state index is 0.0352. The molecule has 0 unspecified atom stereocenters.